The zero-order chi connectivity index (χ0) is 11.5. The summed E-state index contributed by atoms with van der Waals surface area (Å²) in [6.07, 6.45) is 6.24. The molecule has 1 aliphatic carbocycles. The molecule has 0 spiro atoms. The normalized spacial score (nSPS) is 15.7. The third-order valence-electron chi connectivity index (χ3n) is 2.84. The van der Waals surface area contributed by atoms with Crippen LogP contribution in [0.25, 0.3) is 0 Å². The van der Waals surface area contributed by atoms with E-state index in [1.165, 1.54) is 6.42 Å². The van der Waals surface area contributed by atoms with Crippen LogP contribution < -0.4 is 5.73 Å². The quantitative estimate of drug-likeness (QED) is 0.662. The first-order chi connectivity index (χ1) is 7.68. The molecule has 0 heterocycles. The van der Waals surface area contributed by atoms with E-state index in [0.29, 0.717) is 11.3 Å². The van der Waals surface area contributed by atoms with Gasteiger partial charge in [0, 0.05) is 15.7 Å². The van der Waals surface area contributed by atoms with Gasteiger partial charge in [0.2, 0.25) is 0 Å². The summed E-state index contributed by atoms with van der Waals surface area (Å²) in [5.41, 5.74) is 7.94. The van der Waals surface area contributed by atoms with Crippen LogP contribution in [0, 0.1) is 0 Å². The van der Waals surface area contributed by atoms with Crippen molar-refractivity contribution in [1.82, 2.24) is 0 Å². The Morgan fingerprint density at radius 2 is 2.12 bits per heavy atom. The van der Waals surface area contributed by atoms with Gasteiger partial charge in [0.15, 0.2) is 5.78 Å². The molecule has 0 aliphatic heterocycles. The van der Waals surface area contributed by atoms with Crippen molar-refractivity contribution < 1.29 is 4.79 Å². The molecule has 0 atom stereocenters. The minimum atomic E-state index is 0.0877. The van der Waals surface area contributed by atoms with Crippen LogP contribution in [0.2, 0.25) is 0 Å². The molecular weight excluding hydrogens is 266 g/mol. The second kappa shape index (κ2) is 4.83. The van der Waals surface area contributed by atoms with E-state index in [1.54, 1.807) is 12.1 Å². The number of carbonyl (C=O) groups excluding carboxylic acids is 1. The minimum absolute atomic E-state index is 0.0877. The molecule has 2 nitrogen and oxygen atoms in total. The van der Waals surface area contributed by atoms with Crippen molar-refractivity contribution in [2.45, 2.75) is 25.7 Å². The average molecular weight is 280 g/mol. The number of nitrogens with two attached hydrogens (primary N) is 1. The van der Waals surface area contributed by atoms with Gasteiger partial charge in [-0.05, 0) is 49.5 Å². The van der Waals surface area contributed by atoms with Gasteiger partial charge in [-0.25, -0.2) is 0 Å². The first-order valence-electron chi connectivity index (χ1n) is 5.47. The predicted molar refractivity (Wildman–Crippen MR) is 69.4 cm³/mol. The van der Waals surface area contributed by atoms with Crippen molar-refractivity contribution >= 4 is 27.4 Å². The molecule has 0 radical (unpaired) electrons. The molecule has 2 N–H and O–H groups in total. The molecule has 0 saturated heterocycles. The maximum absolute atomic E-state index is 12.2. The molecule has 0 bridgehead atoms. The number of nitrogen functional groups attached to an aromatic ring is 1. The van der Waals surface area contributed by atoms with Crippen molar-refractivity contribution in [3.8, 4) is 0 Å². The number of Topliss-reactive ketones (excluding diaryl/α,β-unsaturated/α-hetero) is 1. The van der Waals surface area contributed by atoms with Crippen LogP contribution in [0.3, 0.4) is 0 Å². The monoisotopic (exact) mass is 279 g/mol. The van der Waals surface area contributed by atoms with E-state index < -0.39 is 0 Å². The van der Waals surface area contributed by atoms with Gasteiger partial charge < -0.3 is 5.73 Å². The highest BCUT2D eigenvalue weighted by molar-refractivity contribution is 9.10. The number of ketones is 1. The summed E-state index contributed by atoms with van der Waals surface area (Å²) in [6, 6.07) is 5.42. The topological polar surface area (TPSA) is 43.1 Å². The van der Waals surface area contributed by atoms with Crippen molar-refractivity contribution in [3.05, 3.63) is 39.9 Å². The molecule has 1 aromatic rings. The van der Waals surface area contributed by atoms with E-state index in [4.69, 9.17) is 5.73 Å². The van der Waals surface area contributed by atoms with Crippen molar-refractivity contribution in [3.63, 3.8) is 0 Å². The van der Waals surface area contributed by atoms with Gasteiger partial charge in [-0.1, -0.05) is 22.0 Å². The Morgan fingerprint density at radius 3 is 2.75 bits per heavy atom. The highest BCUT2D eigenvalue weighted by Gasteiger charge is 2.16. The molecule has 0 fully saturated rings. The van der Waals surface area contributed by atoms with Gasteiger partial charge in [0.1, 0.15) is 0 Å². The van der Waals surface area contributed by atoms with E-state index >= 15 is 0 Å². The fourth-order valence-corrected chi connectivity index (χ4v) is 2.34. The van der Waals surface area contributed by atoms with Gasteiger partial charge >= 0.3 is 0 Å². The van der Waals surface area contributed by atoms with E-state index in [9.17, 15) is 4.79 Å². The molecule has 1 aliphatic rings. The van der Waals surface area contributed by atoms with Gasteiger partial charge in [-0.15, -0.1) is 0 Å². The summed E-state index contributed by atoms with van der Waals surface area (Å²) in [5, 5.41) is 0. The second-order valence-corrected chi connectivity index (χ2v) is 4.95. The standard InChI is InChI=1S/C13H14BrNO/c14-10-6-7-11(12(15)8-10)13(16)9-4-2-1-3-5-9/h4,6-8H,1-3,5,15H2. The Balaban J connectivity index is 2.30. The Kier molecular flexibility index (Phi) is 3.44. The van der Waals surface area contributed by atoms with Gasteiger partial charge in [0.05, 0.1) is 0 Å². The zero-order valence-electron chi connectivity index (χ0n) is 9.00. The van der Waals surface area contributed by atoms with Crippen LogP contribution in [0.15, 0.2) is 34.3 Å². The number of carbonyl (C=O) groups is 1. The SMILES string of the molecule is Nc1cc(Br)ccc1C(=O)C1=CCCCC1. The smallest absolute Gasteiger partial charge is 0.190 e. The number of hydrogen-bond donors (Lipinski definition) is 1. The number of anilines is 1. The first kappa shape index (κ1) is 11.4. The van der Waals surface area contributed by atoms with Crippen LogP contribution in [0.1, 0.15) is 36.0 Å². The van der Waals surface area contributed by atoms with Crippen molar-refractivity contribution in [1.29, 1.82) is 0 Å². The molecule has 16 heavy (non-hydrogen) atoms. The van der Waals surface area contributed by atoms with Crippen LogP contribution in [-0.4, -0.2) is 5.78 Å². The maximum atomic E-state index is 12.2. The van der Waals surface area contributed by atoms with Crippen molar-refractivity contribution in [2.24, 2.45) is 0 Å². The summed E-state index contributed by atoms with van der Waals surface area (Å²) in [7, 11) is 0. The van der Waals surface area contributed by atoms with E-state index in [-0.39, 0.29) is 5.78 Å². The highest BCUT2D eigenvalue weighted by atomic mass is 79.9. The summed E-state index contributed by atoms with van der Waals surface area (Å²) in [4.78, 5) is 12.2. The molecule has 2 rings (SSSR count). The lowest BCUT2D eigenvalue weighted by Gasteiger charge is -2.12. The Labute approximate surface area is 104 Å². The first-order valence-corrected chi connectivity index (χ1v) is 6.26. The third kappa shape index (κ3) is 2.35. The largest absolute Gasteiger partial charge is 0.398 e. The van der Waals surface area contributed by atoms with Crippen LogP contribution >= 0.6 is 15.9 Å². The molecule has 3 heteroatoms. The van der Waals surface area contributed by atoms with E-state index in [2.05, 4.69) is 15.9 Å². The van der Waals surface area contributed by atoms with Crippen LogP contribution in [-0.2, 0) is 0 Å². The zero-order valence-corrected chi connectivity index (χ0v) is 10.6. The second-order valence-electron chi connectivity index (χ2n) is 4.04. The third-order valence-corrected chi connectivity index (χ3v) is 3.33. The van der Waals surface area contributed by atoms with Crippen molar-refractivity contribution in [2.75, 3.05) is 5.73 Å². The average Bonchev–Trinajstić information content (AvgIpc) is 2.29. The number of benzene rings is 1. The number of hydrogen-bond acceptors (Lipinski definition) is 2. The molecule has 0 aromatic heterocycles. The minimum Gasteiger partial charge on any atom is -0.398 e. The van der Waals surface area contributed by atoms with Gasteiger partial charge in [-0.2, -0.15) is 0 Å². The van der Waals surface area contributed by atoms with E-state index in [1.807, 2.05) is 12.1 Å². The Morgan fingerprint density at radius 1 is 1.31 bits per heavy atom. The fraction of sp³-hybridized carbons (Fsp3) is 0.308. The number of halogens is 1. The summed E-state index contributed by atoms with van der Waals surface area (Å²) in [6.45, 7) is 0. The van der Waals surface area contributed by atoms with Crippen LogP contribution in [0.4, 0.5) is 5.69 Å². The summed E-state index contributed by atoms with van der Waals surface area (Å²) in [5.74, 6) is 0.0877. The Bertz CT molecular complexity index is 451. The number of rotatable bonds is 2. The molecular formula is C13H14BrNO. The lowest BCUT2D eigenvalue weighted by molar-refractivity contribution is 0.102. The van der Waals surface area contributed by atoms with Gasteiger partial charge in [0.25, 0.3) is 0 Å². The molecule has 1 aromatic carbocycles. The molecule has 84 valence electrons. The highest BCUT2D eigenvalue weighted by Crippen LogP contribution is 2.25. The van der Waals surface area contributed by atoms with E-state index in [0.717, 1.165) is 29.3 Å². The Hall–Kier alpha value is -1.09. The van der Waals surface area contributed by atoms with Gasteiger partial charge in [-0.3, -0.25) is 4.79 Å². The maximum Gasteiger partial charge on any atom is 0.190 e. The molecule has 0 unspecified atom stereocenters. The fourth-order valence-electron chi connectivity index (χ4n) is 1.96. The number of allylic oxidation sites excluding steroid dienone is 2. The predicted octanol–water partition coefficient (Wildman–Crippen LogP) is 3.71. The van der Waals surface area contributed by atoms with Crippen LogP contribution in [0.5, 0.6) is 0 Å². The summed E-state index contributed by atoms with van der Waals surface area (Å²) < 4.78 is 0.902. The lowest BCUT2D eigenvalue weighted by atomic mass is 9.92. The summed E-state index contributed by atoms with van der Waals surface area (Å²) >= 11 is 3.34. The molecule has 0 saturated carbocycles. The lowest BCUT2D eigenvalue weighted by Crippen LogP contribution is -2.09. The molecule has 0 amide bonds.